The van der Waals surface area contributed by atoms with Gasteiger partial charge in [-0.15, -0.1) is 0 Å². The molecule has 0 heterocycles. The number of hydrogen-bond donors (Lipinski definition) is 0. The summed E-state index contributed by atoms with van der Waals surface area (Å²) >= 11 is 0. The monoisotopic (exact) mass is 234 g/mol. The van der Waals surface area contributed by atoms with E-state index in [1.54, 1.807) is 21.3 Å². The minimum Gasteiger partial charge on any atom is -0.377 e. The van der Waals surface area contributed by atoms with Gasteiger partial charge in [-0.05, 0) is 6.42 Å². The maximum absolute atomic E-state index is 5.36. The fraction of sp³-hybridized carbons (Fsp3) is 1.00. The van der Waals surface area contributed by atoms with E-state index in [2.05, 4.69) is 6.92 Å². The van der Waals surface area contributed by atoms with Crippen molar-refractivity contribution in [2.24, 2.45) is 0 Å². The van der Waals surface area contributed by atoms with Gasteiger partial charge in [0.25, 0.3) is 0 Å². The van der Waals surface area contributed by atoms with Gasteiger partial charge in [0.1, 0.15) is 0 Å². The fourth-order valence-electron chi connectivity index (χ4n) is 1.68. The van der Waals surface area contributed by atoms with Crippen LogP contribution in [-0.4, -0.2) is 30.1 Å². The van der Waals surface area contributed by atoms with Crippen LogP contribution in [0.4, 0.5) is 0 Å². The van der Waals surface area contributed by atoms with Gasteiger partial charge in [0.15, 0.2) is 0 Å². The van der Waals surface area contributed by atoms with Gasteiger partial charge in [-0.1, -0.05) is 39.0 Å². The molecule has 4 heteroatoms. The summed E-state index contributed by atoms with van der Waals surface area (Å²) in [7, 11) is 2.74. The molecular weight excluding hydrogens is 208 g/mol. The molecule has 0 N–H and O–H groups in total. The van der Waals surface area contributed by atoms with Gasteiger partial charge >= 0.3 is 8.80 Å². The van der Waals surface area contributed by atoms with Crippen LogP contribution in [0.15, 0.2) is 0 Å². The van der Waals surface area contributed by atoms with Crippen molar-refractivity contribution >= 4 is 8.80 Å². The Bertz CT molecular complexity index is 130. The summed E-state index contributed by atoms with van der Waals surface area (Å²) in [6.07, 6.45) is 7.71. The number of hydrogen-bond acceptors (Lipinski definition) is 3. The summed E-state index contributed by atoms with van der Waals surface area (Å²) in [5, 5.41) is 0. The normalized spacial score (nSPS) is 12.0. The van der Waals surface area contributed by atoms with Crippen molar-refractivity contribution in [1.29, 1.82) is 0 Å². The molecule has 0 rings (SSSR count). The molecule has 0 aromatic rings. The highest BCUT2D eigenvalue weighted by Gasteiger charge is 2.36. The fourth-order valence-corrected chi connectivity index (χ4v) is 3.47. The van der Waals surface area contributed by atoms with Gasteiger partial charge in [-0.2, -0.15) is 0 Å². The third kappa shape index (κ3) is 6.30. The first-order valence-electron chi connectivity index (χ1n) is 5.90. The lowest BCUT2D eigenvalue weighted by molar-refractivity contribution is 0.122. The molecule has 0 aliphatic carbocycles. The Morgan fingerprint density at radius 1 is 0.733 bits per heavy atom. The molecule has 0 aliphatic rings. The van der Waals surface area contributed by atoms with Gasteiger partial charge in [-0.25, -0.2) is 0 Å². The average Bonchev–Trinajstić information content (AvgIpc) is 2.29. The lowest BCUT2D eigenvalue weighted by atomic mass is 10.1. The van der Waals surface area contributed by atoms with Crippen LogP contribution in [0.3, 0.4) is 0 Å². The van der Waals surface area contributed by atoms with Crippen LogP contribution in [0.1, 0.15) is 45.4 Å². The SMILES string of the molecule is CCCCCCCC[Si](OC)(OC)OC. The van der Waals surface area contributed by atoms with E-state index in [-0.39, 0.29) is 0 Å². The summed E-state index contributed by atoms with van der Waals surface area (Å²) < 4.78 is 16.1. The molecule has 0 bridgehead atoms. The first kappa shape index (κ1) is 15.1. The van der Waals surface area contributed by atoms with E-state index >= 15 is 0 Å². The van der Waals surface area contributed by atoms with Gasteiger partial charge in [0.05, 0.1) is 0 Å². The van der Waals surface area contributed by atoms with Crippen molar-refractivity contribution < 1.29 is 13.3 Å². The van der Waals surface area contributed by atoms with Crippen LogP contribution in [0.2, 0.25) is 6.04 Å². The standard InChI is InChI=1S/C11H26O3Si/c1-5-6-7-8-9-10-11-15(12-2,13-3)14-4/h5-11H2,1-4H3. The molecule has 3 nitrogen and oxygen atoms in total. The first-order valence-corrected chi connectivity index (χ1v) is 7.83. The summed E-state index contributed by atoms with van der Waals surface area (Å²) in [5.41, 5.74) is 0. The molecule has 0 amide bonds. The highest BCUT2D eigenvalue weighted by atomic mass is 28.4. The molecule has 92 valence electrons. The van der Waals surface area contributed by atoms with E-state index in [9.17, 15) is 0 Å². The largest absolute Gasteiger partial charge is 0.500 e. The second-order valence-electron chi connectivity index (χ2n) is 3.81. The Morgan fingerprint density at radius 3 is 1.67 bits per heavy atom. The predicted molar refractivity (Wildman–Crippen MR) is 65.0 cm³/mol. The minimum atomic E-state index is -2.29. The van der Waals surface area contributed by atoms with Crippen molar-refractivity contribution in [2.45, 2.75) is 51.5 Å². The van der Waals surface area contributed by atoms with E-state index in [1.165, 1.54) is 32.1 Å². The molecule has 0 aromatic carbocycles. The van der Waals surface area contributed by atoms with E-state index in [0.29, 0.717) is 0 Å². The van der Waals surface area contributed by atoms with Crippen molar-refractivity contribution in [3.63, 3.8) is 0 Å². The second-order valence-corrected chi connectivity index (χ2v) is 6.90. The average molecular weight is 234 g/mol. The Hall–Kier alpha value is 0.0969. The van der Waals surface area contributed by atoms with Crippen molar-refractivity contribution in [3.8, 4) is 0 Å². The lowest BCUT2D eigenvalue weighted by Crippen LogP contribution is -2.42. The molecule has 0 unspecified atom stereocenters. The van der Waals surface area contributed by atoms with Crippen LogP contribution in [0, 0.1) is 0 Å². The Morgan fingerprint density at radius 2 is 1.20 bits per heavy atom. The maximum Gasteiger partial charge on any atom is 0.500 e. The van der Waals surface area contributed by atoms with Gasteiger partial charge in [0.2, 0.25) is 0 Å². The summed E-state index contributed by atoms with van der Waals surface area (Å²) in [4.78, 5) is 0. The molecule has 0 aliphatic heterocycles. The topological polar surface area (TPSA) is 27.7 Å². The Balaban J connectivity index is 3.54. The lowest BCUT2D eigenvalue weighted by Gasteiger charge is -2.24. The van der Waals surface area contributed by atoms with Crippen LogP contribution >= 0.6 is 0 Å². The molecule has 0 spiro atoms. The third-order valence-corrected chi connectivity index (χ3v) is 5.60. The molecule has 0 fully saturated rings. The molecule has 15 heavy (non-hydrogen) atoms. The van der Waals surface area contributed by atoms with Crippen LogP contribution in [0.25, 0.3) is 0 Å². The molecule has 0 radical (unpaired) electrons. The minimum absolute atomic E-state index is 0.933. The van der Waals surface area contributed by atoms with Crippen LogP contribution in [0.5, 0.6) is 0 Å². The molecule has 0 saturated carbocycles. The van der Waals surface area contributed by atoms with Crippen molar-refractivity contribution in [1.82, 2.24) is 0 Å². The summed E-state index contributed by atoms with van der Waals surface area (Å²) in [6, 6.07) is 0.933. The maximum atomic E-state index is 5.36. The van der Waals surface area contributed by atoms with Crippen molar-refractivity contribution in [2.75, 3.05) is 21.3 Å². The zero-order valence-electron chi connectivity index (χ0n) is 10.7. The Labute approximate surface area is 95.5 Å². The predicted octanol–water partition coefficient (Wildman–Crippen LogP) is 3.23. The van der Waals surface area contributed by atoms with Crippen LogP contribution in [-0.2, 0) is 13.3 Å². The zero-order chi connectivity index (χ0) is 11.6. The summed E-state index contributed by atoms with van der Waals surface area (Å²) in [5.74, 6) is 0. The molecule has 0 saturated heterocycles. The van der Waals surface area contributed by atoms with Gasteiger partial charge in [0, 0.05) is 27.4 Å². The second kappa shape index (κ2) is 9.33. The third-order valence-electron chi connectivity index (χ3n) is 2.77. The van der Waals surface area contributed by atoms with Gasteiger partial charge in [-0.3, -0.25) is 0 Å². The molecule has 0 aromatic heterocycles. The highest BCUT2D eigenvalue weighted by Crippen LogP contribution is 2.17. The quantitative estimate of drug-likeness (QED) is 0.429. The van der Waals surface area contributed by atoms with Gasteiger partial charge < -0.3 is 13.3 Å². The highest BCUT2D eigenvalue weighted by molar-refractivity contribution is 6.60. The molecular formula is C11H26O3Si. The first-order chi connectivity index (χ1) is 7.24. The molecule has 0 atom stereocenters. The van der Waals surface area contributed by atoms with E-state index in [1.807, 2.05) is 0 Å². The zero-order valence-corrected chi connectivity index (χ0v) is 11.7. The van der Waals surface area contributed by atoms with Crippen LogP contribution < -0.4 is 0 Å². The summed E-state index contributed by atoms with van der Waals surface area (Å²) in [6.45, 7) is 2.23. The number of unbranched alkanes of at least 4 members (excludes halogenated alkanes) is 5. The Kier molecular flexibility index (Phi) is 9.39. The van der Waals surface area contributed by atoms with E-state index in [0.717, 1.165) is 12.5 Å². The van der Waals surface area contributed by atoms with E-state index in [4.69, 9.17) is 13.3 Å². The number of rotatable bonds is 10. The van der Waals surface area contributed by atoms with E-state index < -0.39 is 8.80 Å². The smallest absolute Gasteiger partial charge is 0.377 e. The van der Waals surface area contributed by atoms with Crippen molar-refractivity contribution in [3.05, 3.63) is 0 Å².